The van der Waals surface area contributed by atoms with Crippen LogP contribution in [-0.2, 0) is 5.79 Å². The molecule has 0 saturated heterocycles. The van der Waals surface area contributed by atoms with Gasteiger partial charge in [-0.25, -0.2) is 0 Å². The number of nitrogens with one attached hydrogen (secondary N) is 1. The first kappa shape index (κ1) is 6.18. The highest BCUT2D eigenvalue weighted by atomic mass is 16.5. The van der Waals surface area contributed by atoms with Crippen molar-refractivity contribution in [2.24, 2.45) is 0 Å². The molecular weight excluding hydrogens is 122 g/mol. The Labute approximate surface area is 51.3 Å². The molecule has 3 N–H and O–H groups in total. The van der Waals surface area contributed by atoms with Gasteiger partial charge in [-0.15, -0.1) is 0 Å². The average molecular weight is 129 g/mol. The number of hydrogen-bond donors (Lipinski definition) is 3. The zero-order valence-corrected chi connectivity index (χ0v) is 4.87. The van der Waals surface area contributed by atoms with Gasteiger partial charge in [0, 0.05) is 0 Å². The monoisotopic (exact) mass is 129 g/mol. The van der Waals surface area contributed by atoms with E-state index in [2.05, 4.69) is 15.4 Å². The van der Waals surface area contributed by atoms with Crippen LogP contribution < -0.4 is 0 Å². The largest absolute Gasteiger partial charge is 0.361 e. The van der Waals surface area contributed by atoms with E-state index in [1.165, 1.54) is 13.1 Å². The van der Waals surface area contributed by atoms with Crippen molar-refractivity contribution in [3.05, 3.63) is 11.9 Å². The molecule has 5 heteroatoms. The van der Waals surface area contributed by atoms with E-state index in [1.807, 2.05) is 0 Å². The first-order valence-electron chi connectivity index (χ1n) is 2.41. The van der Waals surface area contributed by atoms with Gasteiger partial charge in [-0.2, -0.15) is 15.4 Å². The fraction of sp³-hybridized carbons (Fsp3) is 0.500. The van der Waals surface area contributed by atoms with Gasteiger partial charge in [-0.1, -0.05) is 0 Å². The van der Waals surface area contributed by atoms with E-state index in [0.717, 1.165) is 0 Å². The minimum Gasteiger partial charge on any atom is -0.361 e. The third kappa shape index (κ3) is 1.24. The Morgan fingerprint density at radius 2 is 2.33 bits per heavy atom. The fourth-order valence-corrected chi connectivity index (χ4v) is 0.430. The molecule has 50 valence electrons. The third-order valence-corrected chi connectivity index (χ3v) is 0.900. The van der Waals surface area contributed by atoms with Crippen molar-refractivity contribution < 1.29 is 10.2 Å². The predicted octanol–water partition coefficient (Wildman–Crippen LogP) is -1.04. The molecule has 0 amide bonds. The summed E-state index contributed by atoms with van der Waals surface area (Å²) in [5, 5.41) is 26.7. The smallest absolute Gasteiger partial charge is 0.207 e. The summed E-state index contributed by atoms with van der Waals surface area (Å²) in [6.45, 7) is 1.21. The maximum atomic E-state index is 8.81. The van der Waals surface area contributed by atoms with Gasteiger partial charge in [0.25, 0.3) is 0 Å². The second-order valence-corrected chi connectivity index (χ2v) is 1.88. The van der Waals surface area contributed by atoms with E-state index in [4.69, 9.17) is 10.2 Å². The van der Waals surface area contributed by atoms with Gasteiger partial charge in [0.2, 0.25) is 5.79 Å². The lowest BCUT2D eigenvalue weighted by atomic mass is 10.2. The van der Waals surface area contributed by atoms with Crippen molar-refractivity contribution in [2.45, 2.75) is 12.7 Å². The summed E-state index contributed by atoms with van der Waals surface area (Å²) < 4.78 is 0. The number of nitrogens with zero attached hydrogens (tertiary/aromatic N) is 2. The van der Waals surface area contributed by atoms with Crippen molar-refractivity contribution in [3.63, 3.8) is 0 Å². The van der Waals surface area contributed by atoms with Crippen molar-refractivity contribution >= 4 is 0 Å². The molecule has 0 aliphatic carbocycles. The van der Waals surface area contributed by atoms with E-state index < -0.39 is 5.79 Å². The number of rotatable bonds is 1. The van der Waals surface area contributed by atoms with E-state index in [9.17, 15) is 0 Å². The molecule has 0 saturated carbocycles. The molecular formula is C4H7N3O2. The van der Waals surface area contributed by atoms with Gasteiger partial charge in [0.1, 0.15) is 5.69 Å². The lowest BCUT2D eigenvalue weighted by Gasteiger charge is -2.09. The quantitative estimate of drug-likeness (QED) is 0.423. The molecule has 0 atom stereocenters. The molecule has 0 radical (unpaired) electrons. The minimum absolute atomic E-state index is 0.113. The van der Waals surface area contributed by atoms with E-state index in [1.54, 1.807) is 0 Å². The number of aromatic amines is 1. The first-order valence-corrected chi connectivity index (χ1v) is 2.41. The fourth-order valence-electron chi connectivity index (χ4n) is 0.430. The molecule has 1 aromatic heterocycles. The Kier molecular flexibility index (Phi) is 1.22. The van der Waals surface area contributed by atoms with Crippen LogP contribution in [0, 0.1) is 0 Å². The van der Waals surface area contributed by atoms with Crippen LogP contribution in [0.1, 0.15) is 12.6 Å². The zero-order chi connectivity index (χ0) is 6.91. The second-order valence-electron chi connectivity index (χ2n) is 1.88. The normalized spacial score (nSPS) is 11.9. The number of aromatic nitrogens is 3. The van der Waals surface area contributed by atoms with Crippen LogP contribution >= 0.6 is 0 Å². The summed E-state index contributed by atoms with van der Waals surface area (Å²) in [5.41, 5.74) is 0.113. The van der Waals surface area contributed by atoms with Gasteiger partial charge in [0.05, 0.1) is 6.20 Å². The Morgan fingerprint density at radius 3 is 2.56 bits per heavy atom. The average Bonchev–Trinajstić information content (AvgIpc) is 2.08. The molecule has 0 aromatic carbocycles. The Hall–Kier alpha value is -0.940. The van der Waals surface area contributed by atoms with E-state index in [0.29, 0.717) is 0 Å². The Morgan fingerprint density at radius 1 is 1.67 bits per heavy atom. The van der Waals surface area contributed by atoms with Crippen molar-refractivity contribution in [3.8, 4) is 0 Å². The van der Waals surface area contributed by atoms with Crippen LogP contribution in [0.3, 0.4) is 0 Å². The molecule has 9 heavy (non-hydrogen) atoms. The summed E-state index contributed by atoms with van der Waals surface area (Å²) in [4.78, 5) is 0. The summed E-state index contributed by atoms with van der Waals surface area (Å²) in [6.07, 6.45) is 1.25. The highest BCUT2D eigenvalue weighted by Crippen LogP contribution is 2.10. The topological polar surface area (TPSA) is 82.0 Å². The molecule has 1 heterocycles. The van der Waals surface area contributed by atoms with E-state index >= 15 is 0 Å². The van der Waals surface area contributed by atoms with Crippen molar-refractivity contribution in [1.29, 1.82) is 0 Å². The summed E-state index contributed by atoms with van der Waals surface area (Å²) >= 11 is 0. The van der Waals surface area contributed by atoms with Gasteiger partial charge in [-0.3, -0.25) is 0 Å². The highest BCUT2D eigenvalue weighted by molar-refractivity contribution is 4.97. The Balaban J connectivity index is 2.90. The van der Waals surface area contributed by atoms with Crippen molar-refractivity contribution in [2.75, 3.05) is 0 Å². The minimum atomic E-state index is -1.88. The molecule has 1 aromatic rings. The van der Waals surface area contributed by atoms with Crippen LogP contribution in [0.5, 0.6) is 0 Å². The molecule has 5 nitrogen and oxygen atoms in total. The molecule has 0 aliphatic heterocycles. The van der Waals surface area contributed by atoms with E-state index in [-0.39, 0.29) is 5.69 Å². The van der Waals surface area contributed by atoms with Gasteiger partial charge < -0.3 is 10.2 Å². The maximum absolute atomic E-state index is 8.81. The van der Waals surface area contributed by atoms with Crippen LogP contribution in [0.4, 0.5) is 0 Å². The number of aliphatic hydroxyl groups is 2. The molecule has 0 bridgehead atoms. The SMILES string of the molecule is CC(O)(O)c1cn[nH]n1. The second kappa shape index (κ2) is 1.78. The van der Waals surface area contributed by atoms with Crippen LogP contribution in [0.25, 0.3) is 0 Å². The summed E-state index contributed by atoms with van der Waals surface area (Å²) in [6, 6.07) is 0. The number of hydrogen-bond acceptors (Lipinski definition) is 4. The van der Waals surface area contributed by atoms with Gasteiger partial charge >= 0.3 is 0 Å². The molecule has 0 fully saturated rings. The first-order chi connectivity index (χ1) is 4.11. The zero-order valence-electron chi connectivity index (χ0n) is 4.87. The lowest BCUT2D eigenvalue weighted by molar-refractivity contribution is -0.155. The Bertz CT molecular complexity index is 176. The standard InChI is InChI=1S/C4H7N3O2/c1-4(8,9)3-2-5-7-6-3/h2,8-9H,1H3,(H,5,6,7). The van der Waals surface area contributed by atoms with Crippen LogP contribution in [0.2, 0.25) is 0 Å². The maximum Gasteiger partial charge on any atom is 0.207 e. The van der Waals surface area contributed by atoms with Gasteiger partial charge in [0.15, 0.2) is 0 Å². The number of H-pyrrole nitrogens is 1. The van der Waals surface area contributed by atoms with Crippen molar-refractivity contribution in [1.82, 2.24) is 15.4 Å². The summed E-state index contributed by atoms with van der Waals surface area (Å²) in [7, 11) is 0. The predicted molar refractivity (Wildman–Crippen MR) is 28.2 cm³/mol. The molecule has 0 unspecified atom stereocenters. The lowest BCUT2D eigenvalue weighted by Crippen LogP contribution is -2.20. The van der Waals surface area contributed by atoms with Gasteiger partial charge in [-0.05, 0) is 6.92 Å². The molecule has 0 spiro atoms. The van der Waals surface area contributed by atoms with Crippen LogP contribution in [-0.4, -0.2) is 25.6 Å². The third-order valence-electron chi connectivity index (χ3n) is 0.900. The highest BCUT2D eigenvalue weighted by Gasteiger charge is 2.20. The van der Waals surface area contributed by atoms with Crippen LogP contribution in [0.15, 0.2) is 6.20 Å². The molecule has 0 aliphatic rings. The summed E-state index contributed by atoms with van der Waals surface area (Å²) in [5.74, 6) is -1.88. The molecule has 1 rings (SSSR count).